The maximum absolute atomic E-state index is 13.0. The van der Waals surface area contributed by atoms with Gasteiger partial charge in [-0.25, -0.2) is 0 Å². The van der Waals surface area contributed by atoms with Gasteiger partial charge < -0.3 is 10.2 Å². The molecular weight excluding hydrogens is 300 g/mol. The van der Waals surface area contributed by atoms with Crippen LogP contribution >= 0.6 is 0 Å². The van der Waals surface area contributed by atoms with E-state index in [0.29, 0.717) is 6.54 Å². The molecule has 2 aromatic rings. The van der Waals surface area contributed by atoms with Crippen molar-refractivity contribution in [2.45, 2.75) is 25.8 Å². The first-order chi connectivity index (χ1) is 11.8. The van der Waals surface area contributed by atoms with Gasteiger partial charge in [-0.05, 0) is 56.5 Å². The van der Waals surface area contributed by atoms with Gasteiger partial charge >= 0.3 is 0 Å². The summed E-state index contributed by atoms with van der Waals surface area (Å²) in [5, 5.41) is 7.46. The van der Waals surface area contributed by atoms with E-state index < -0.39 is 0 Å². The van der Waals surface area contributed by atoms with Crippen LogP contribution < -0.4 is 5.32 Å². The van der Waals surface area contributed by atoms with E-state index in [9.17, 15) is 4.79 Å². The molecular formula is C19H26N4O. The van der Waals surface area contributed by atoms with Gasteiger partial charge in [0.2, 0.25) is 0 Å². The lowest BCUT2D eigenvalue weighted by Gasteiger charge is -2.32. The zero-order valence-electron chi connectivity index (χ0n) is 14.3. The minimum absolute atomic E-state index is 0.157. The van der Waals surface area contributed by atoms with Crippen LogP contribution in [0.15, 0.2) is 42.7 Å². The number of hydrogen-bond donors (Lipinski definition) is 1. The van der Waals surface area contributed by atoms with Crippen LogP contribution in [0.2, 0.25) is 0 Å². The van der Waals surface area contributed by atoms with Crippen molar-refractivity contribution >= 4 is 5.91 Å². The number of piperidine rings is 1. The number of likely N-dealkylation sites (tertiary alicyclic amines) is 1. The van der Waals surface area contributed by atoms with E-state index in [4.69, 9.17) is 0 Å². The number of carbonyl (C=O) groups excluding carboxylic acids is 1. The Balaban J connectivity index is 1.65. The summed E-state index contributed by atoms with van der Waals surface area (Å²) < 4.78 is 1.86. The molecule has 24 heavy (non-hydrogen) atoms. The van der Waals surface area contributed by atoms with E-state index in [2.05, 4.69) is 10.4 Å². The van der Waals surface area contributed by atoms with E-state index in [1.165, 1.54) is 6.42 Å². The van der Waals surface area contributed by atoms with E-state index in [1.54, 1.807) is 6.20 Å². The van der Waals surface area contributed by atoms with Gasteiger partial charge in [0, 0.05) is 31.0 Å². The smallest absolute Gasteiger partial charge is 0.254 e. The molecule has 0 unspecified atom stereocenters. The van der Waals surface area contributed by atoms with Crippen LogP contribution in [0.25, 0.3) is 0 Å². The Morgan fingerprint density at radius 3 is 2.75 bits per heavy atom. The highest BCUT2D eigenvalue weighted by Gasteiger charge is 2.24. The summed E-state index contributed by atoms with van der Waals surface area (Å²) >= 11 is 0. The first-order valence-corrected chi connectivity index (χ1v) is 8.77. The van der Waals surface area contributed by atoms with Crippen LogP contribution in [0.1, 0.15) is 35.2 Å². The molecule has 0 atom stereocenters. The molecule has 0 saturated carbocycles. The lowest BCUT2D eigenvalue weighted by atomic mass is 9.93. The summed E-state index contributed by atoms with van der Waals surface area (Å²) in [6.07, 6.45) is 7.10. The van der Waals surface area contributed by atoms with E-state index in [1.807, 2.05) is 53.2 Å². The Kier molecular flexibility index (Phi) is 5.64. The fourth-order valence-electron chi connectivity index (χ4n) is 3.38. The van der Waals surface area contributed by atoms with E-state index in [0.717, 1.165) is 49.5 Å². The number of rotatable bonds is 6. The second kappa shape index (κ2) is 8.11. The van der Waals surface area contributed by atoms with Gasteiger partial charge in [0.1, 0.15) is 0 Å². The van der Waals surface area contributed by atoms with Crippen LogP contribution in [-0.4, -0.2) is 47.3 Å². The summed E-state index contributed by atoms with van der Waals surface area (Å²) in [6.45, 7) is 3.42. The molecule has 1 aliphatic heterocycles. The number of aromatic nitrogens is 2. The standard InChI is InChI=1S/C19H26N4O/c1-20-11-7-16-8-13-22(14-9-16)19(24)18-6-3-2-5-17(18)15-23-12-4-10-21-23/h2-6,10,12,16,20H,7-9,11,13-15H2,1H3. The number of carbonyl (C=O) groups is 1. The Hall–Kier alpha value is -2.14. The van der Waals surface area contributed by atoms with Crippen LogP contribution in [-0.2, 0) is 6.54 Å². The van der Waals surface area contributed by atoms with Crippen molar-refractivity contribution in [3.05, 3.63) is 53.9 Å². The predicted octanol–water partition coefficient (Wildman–Crippen LogP) is 2.39. The molecule has 5 nitrogen and oxygen atoms in total. The fraction of sp³-hybridized carbons (Fsp3) is 0.474. The SMILES string of the molecule is CNCCC1CCN(C(=O)c2ccccc2Cn2cccn2)CC1. The largest absolute Gasteiger partial charge is 0.339 e. The third-order valence-corrected chi connectivity index (χ3v) is 4.84. The number of nitrogens with zero attached hydrogens (tertiary/aromatic N) is 3. The average molecular weight is 326 g/mol. The summed E-state index contributed by atoms with van der Waals surface area (Å²) in [5.74, 6) is 0.894. The zero-order chi connectivity index (χ0) is 16.8. The maximum atomic E-state index is 13.0. The summed E-state index contributed by atoms with van der Waals surface area (Å²) in [4.78, 5) is 15.0. The molecule has 5 heteroatoms. The predicted molar refractivity (Wildman–Crippen MR) is 94.9 cm³/mol. The normalized spacial score (nSPS) is 15.6. The van der Waals surface area contributed by atoms with Crippen LogP contribution in [0.3, 0.4) is 0 Å². The number of amides is 1. The molecule has 1 fully saturated rings. The molecule has 1 saturated heterocycles. The van der Waals surface area contributed by atoms with Gasteiger partial charge in [0.05, 0.1) is 6.54 Å². The summed E-state index contributed by atoms with van der Waals surface area (Å²) in [5.41, 5.74) is 1.84. The van der Waals surface area contributed by atoms with Crippen molar-refractivity contribution in [3.63, 3.8) is 0 Å². The van der Waals surface area contributed by atoms with Crippen LogP contribution in [0.5, 0.6) is 0 Å². The first kappa shape index (κ1) is 16.7. The highest BCUT2D eigenvalue weighted by molar-refractivity contribution is 5.95. The highest BCUT2D eigenvalue weighted by Crippen LogP contribution is 2.22. The Labute approximate surface area is 143 Å². The molecule has 1 aliphatic rings. The third kappa shape index (κ3) is 4.03. The average Bonchev–Trinajstić information content (AvgIpc) is 3.13. The van der Waals surface area contributed by atoms with Gasteiger partial charge in [-0.2, -0.15) is 5.10 Å². The van der Waals surface area contributed by atoms with Crippen molar-refractivity contribution in [3.8, 4) is 0 Å². The first-order valence-electron chi connectivity index (χ1n) is 8.77. The molecule has 128 valence electrons. The van der Waals surface area contributed by atoms with Crippen molar-refractivity contribution in [2.75, 3.05) is 26.7 Å². The Morgan fingerprint density at radius 2 is 2.04 bits per heavy atom. The minimum atomic E-state index is 0.157. The van der Waals surface area contributed by atoms with Gasteiger partial charge in [0.25, 0.3) is 5.91 Å². The fourth-order valence-corrected chi connectivity index (χ4v) is 3.38. The van der Waals surface area contributed by atoms with Gasteiger partial charge in [-0.1, -0.05) is 18.2 Å². The van der Waals surface area contributed by atoms with E-state index >= 15 is 0 Å². The van der Waals surface area contributed by atoms with E-state index in [-0.39, 0.29) is 5.91 Å². The van der Waals surface area contributed by atoms with Crippen molar-refractivity contribution in [1.29, 1.82) is 0 Å². The van der Waals surface area contributed by atoms with Gasteiger partial charge in [0.15, 0.2) is 0 Å². The molecule has 0 spiro atoms. The molecule has 2 heterocycles. The number of nitrogens with one attached hydrogen (secondary N) is 1. The maximum Gasteiger partial charge on any atom is 0.254 e. The number of benzene rings is 1. The molecule has 0 bridgehead atoms. The quantitative estimate of drug-likeness (QED) is 0.887. The second-order valence-corrected chi connectivity index (χ2v) is 6.49. The van der Waals surface area contributed by atoms with Gasteiger partial charge in [-0.3, -0.25) is 9.48 Å². The van der Waals surface area contributed by atoms with Gasteiger partial charge in [-0.15, -0.1) is 0 Å². The lowest BCUT2D eigenvalue weighted by Crippen LogP contribution is -2.39. The minimum Gasteiger partial charge on any atom is -0.339 e. The highest BCUT2D eigenvalue weighted by atomic mass is 16.2. The molecule has 1 N–H and O–H groups in total. The molecule has 1 aromatic heterocycles. The molecule has 1 aromatic carbocycles. The van der Waals surface area contributed by atoms with Crippen LogP contribution in [0.4, 0.5) is 0 Å². The molecule has 3 rings (SSSR count). The molecule has 1 amide bonds. The monoisotopic (exact) mass is 326 g/mol. The number of hydrogen-bond acceptors (Lipinski definition) is 3. The third-order valence-electron chi connectivity index (χ3n) is 4.84. The second-order valence-electron chi connectivity index (χ2n) is 6.49. The molecule has 0 aliphatic carbocycles. The topological polar surface area (TPSA) is 50.2 Å². The van der Waals surface area contributed by atoms with Crippen molar-refractivity contribution < 1.29 is 4.79 Å². The zero-order valence-corrected chi connectivity index (χ0v) is 14.3. The summed E-state index contributed by atoms with van der Waals surface area (Å²) in [7, 11) is 2.00. The molecule has 0 radical (unpaired) electrons. The summed E-state index contributed by atoms with van der Waals surface area (Å²) in [6, 6.07) is 9.79. The lowest BCUT2D eigenvalue weighted by molar-refractivity contribution is 0.0686. The van der Waals surface area contributed by atoms with Crippen molar-refractivity contribution in [2.24, 2.45) is 5.92 Å². The Bertz CT molecular complexity index is 645. The van der Waals surface area contributed by atoms with Crippen LogP contribution in [0, 0.1) is 5.92 Å². The van der Waals surface area contributed by atoms with Crippen molar-refractivity contribution in [1.82, 2.24) is 20.0 Å². The Morgan fingerprint density at radius 1 is 1.25 bits per heavy atom.